The van der Waals surface area contributed by atoms with Crippen LogP contribution in [0, 0.1) is 6.92 Å². The van der Waals surface area contributed by atoms with Gasteiger partial charge in [0.1, 0.15) is 0 Å². The summed E-state index contributed by atoms with van der Waals surface area (Å²) >= 11 is 1.50. The maximum Gasteiger partial charge on any atom is 0.387 e. The molecule has 1 aromatic carbocycles. The number of carbonyl (C=O) groups excluding carboxylic acids is 1. The Kier molecular flexibility index (Phi) is 5.91. The fourth-order valence-corrected chi connectivity index (χ4v) is 2.79. The van der Waals surface area contributed by atoms with Crippen LogP contribution in [0.4, 0.5) is 19.3 Å². The highest BCUT2D eigenvalue weighted by molar-refractivity contribution is 7.11. The molecular weight excluding hydrogens is 340 g/mol. The molecule has 0 saturated heterocycles. The summed E-state index contributed by atoms with van der Waals surface area (Å²) in [6.45, 7) is -0.702. The van der Waals surface area contributed by atoms with Crippen molar-refractivity contribution in [2.75, 3.05) is 19.5 Å². The van der Waals surface area contributed by atoms with E-state index in [0.717, 1.165) is 9.88 Å². The van der Waals surface area contributed by atoms with Crippen LogP contribution in [0.1, 0.15) is 9.88 Å². The molecule has 24 heavy (non-hydrogen) atoms. The number of alkyl halides is 2. The second-order valence-corrected chi connectivity index (χ2v) is 6.20. The number of amides is 2. The van der Waals surface area contributed by atoms with Gasteiger partial charge >= 0.3 is 12.6 Å². The summed E-state index contributed by atoms with van der Waals surface area (Å²) in [5.41, 5.74) is 0.323. The van der Waals surface area contributed by atoms with Crippen LogP contribution in [0.2, 0.25) is 0 Å². The minimum absolute atomic E-state index is 0.147. The first-order chi connectivity index (χ1) is 11.4. The standard InChI is InChI=1S/C15H17F2N3O3S/c1-9-18-7-11(24-9)8-20(2)15(21)19-10-4-5-12(22-3)13(6-10)23-14(16)17/h4-7,14H,8H2,1-3H3,(H,19,21). The molecule has 0 saturated carbocycles. The zero-order valence-corrected chi connectivity index (χ0v) is 14.2. The van der Waals surface area contributed by atoms with Gasteiger partial charge in [0, 0.05) is 29.9 Å². The van der Waals surface area contributed by atoms with Crippen LogP contribution in [0.3, 0.4) is 0 Å². The fourth-order valence-electron chi connectivity index (χ4n) is 1.95. The number of nitrogens with zero attached hydrogens (tertiary/aromatic N) is 2. The number of benzene rings is 1. The maximum absolute atomic E-state index is 12.4. The van der Waals surface area contributed by atoms with E-state index in [9.17, 15) is 13.6 Å². The third-order valence-corrected chi connectivity index (χ3v) is 3.94. The monoisotopic (exact) mass is 357 g/mol. The van der Waals surface area contributed by atoms with E-state index in [-0.39, 0.29) is 17.5 Å². The van der Waals surface area contributed by atoms with Crippen LogP contribution in [0.25, 0.3) is 0 Å². The number of methoxy groups -OCH3 is 1. The van der Waals surface area contributed by atoms with Gasteiger partial charge in [0.15, 0.2) is 11.5 Å². The molecule has 0 aliphatic carbocycles. The van der Waals surface area contributed by atoms with E-state index in [1.54, 1.807) is 19.3 Å². The van der Waals surface area contributed by atoms with Crippen LogP contribution in [-0.4, -0.2) is 36.7 Å². The molecule has 0 spiro atoms. The molecule has 0 bridgehead atoms. The van der Waals surface area contributed by atoms with E-state index in [0.29, 0.717) is 12.2 Å². The highest BCUT2D eigenvalue weighted by Gasteiger charge is 2.14. The lowest BCUT2D eigenvalue weighted by Crippen LogP contribution is -2.30. The average molecular weight is 357 g/mol. The van der Waals surface area contributed by atoms with Gasteiger partial charge < -0.3 is 19.7 Å². The molecule has 0 unspecified atom stereocenters. The predicted molar refractivity (Wildman–Crippen MR) is 87.0 cm³/mol. The lowest BCUT2D eigenvalue weighted by Gasteiger charge is -2.18. The van der Waals surface area contributed by atoms with Crippen molar-refractivity contribution in [2.24, 2.45) is 0 Å². The van der Waals surface area contributed by atoms with Gasteiger partial charge in [-0.3, -0.25) is 0 Å². The van der Waals surface area contributed by atoms with Crippen molar-refractivity contribution < 1.29 is 23.0 Å². The Morgan fingerprint density at radius 1 is 1.42 bits per heavy atom. The lowest BCUT2D eigenvalue weighted by atomic mass is 10.2. The van der Waals surface area contributed by atoms with Crippen molar-refractivity contribution in [3.05, 3.63) is 34.3 Å². The van der Waals surface area contributed by atoms with Gasteiger partial charge in [0.2, 0.25) is 0 Å². The fraction of sp³-hybridized carbons (Fsp3) is 0.333. The Balaban J connectivity index is 2.04. The molecule has 6 nitrogen and oxygen atoms in total. The van der Waals surface area contributed by atoms with Gasteiger partial charge in [-0.1, -0.05) is 0 Å². The van der Waals surface area contributed by atoms with Gasteiger partial charge in [-0.15, -0.1) is 11.3 Å². The number of aromatic nitrogens is 1. The second kappa shape index (κ2) is 7.91. The molecule has 2 aromatic rings. The summed E-state index contributed by atoms with van der Waals surface area (Å²) in [6, 6.07) is 3.89. The van der Waals surface area contributed by atoms with E-state index < -0.39 is 6.61 Å². The van der Waals surface area contributed by atoms with E-state index in [1.165, 1.54) is 35.5 Å². The van der Waals surface area contributed by atoms with Crippen LogP contribution >= 0.6 is 11.3 Å². The molecule has 0 atom stereocenters. The minimum atomic E-state index is -2.98. The second-order valence-electron chi connectivity index (χ2n) is 4.88. The summed E-state index contributed by atoms with van der Waals surface area (Å²) in [4.78, 5) is 18.7. The molecule has 1 aromatic heterocycles. The first-order valence-corrected chi connectivity index (χ1v) is 7.77. The molecule has 2 rings (SSSR count). The molecule has 0 aliphatic heterocycles. The van der Waals surface area contributed by atoms with Gasteiger partial charge in [-0.25, -0.2) is 9.78 Å². The maximum atomic E-state index is 12.4. The molecule has 130 valence electrons. The average Bonchev–Trinajstić information content (AvgIpc) is 2.92. The summed E-state index contributed by atoms with van der Waals surface area (Å²) in [5, 5.41) is 3.54. The van der Waals surface area contributed by atoms with Gasteiger partial charge in [-0.05, 0) is 19.1 Å². The lowest BCUT2D eigenvalue weighted by molar-refractivity contribution is -0.0511. The normalized spacial score (nSPS) is 10.6. The van der Waals surface area contributed by atoms with Crippen LogP contribution in [-0.2, 0) is 6.54 Å². The third kappa shape index (κ3) is 4.79. The summed E-state index contributed by atoms with van der Waals surface area (Å²) in [6.07, 6.45) is 1.71. The largest absolute Gasteiger partial charge is 0.493 e. The van der Waals surface area contributed by atoms with Crippen molar-refractivity contribution in [1.29, 1.82) is 0 Å². The highest BCUT2D eigenvalue weighted by Crippen LogP contribution is 2.31. The zero-order valence-electron chi connectivity index (χ0n) is 13.4. The first-order valence-electron chi connectivity index (χ1n) is 6.95. The van der Waals surface area contributed by atoms with Crippen LogP contribution in [0.5, 0.6) is 11.5 Å². The SMILES string of the molecule is COc1ccc(NC(=O)N(C)Cc2cnc(C)s2)cc1OC(F)F. The number of ether oxygens (including phenoxy) is 2. The molecule has 1 heterocycles. The molecule has 2 amide bonds. The number of aryl methyl sites for hydroxylation is 1. The number of thiazole rings is 1. The number of halogens is 2. The number of carbonyl (C=O) groups is 1. The third-order valence-electron chi connectivity index (χ3n) is 3.04. The van der Waals surface area contributed by atoms with E-state index >= 15 is 0 Å². The summed E-state index contributed by atoms with van der Waals surface area (Å²) < 4.78 is 34.2. The number of urea groups is 1. The van der Waals surface area contributed by atoms with Crippen LogP contribution in [0.15, 0.2) is 24.4 Å². The zero-order chi connectivity index (χ0) is 17.7. The predicted octanol–water partition coefficient (Wildman–Crippen LogP) is 3.73. The Hall–Kier alpha value is -2.42. The topological polar surface area (TPSA) is 63.7 Å². The molecule has 1 N–H and O–H groups in total. The van der Waals surface area contributed by atoms with Gasteiger partial charge in [0.25, 0.3) is 0 Å². The number of hydrogen-bond acceptors (Lipinski definition) is 5. The van der Waals surface area contributed by atoms with Crippen LogP contribution < -0.4 is 14.8 Å². The highest BCUT2D eigenvalue weighted by atomic mass is 32.1. The molecule has 0 fully saturated rings. The van der Waals surface area contributed by atoms with E-state index in [4.69, 9.17) is 4.74 Å². The molecule has 9 heteroatoms. The van der Waals surface area contributed by atoms with Crippen molar-refractivity contribution >= 4 is 23.1 Å². The van der Waals surface area contributed by atoms with E-state index in [2.05, 4.69) is 15.0 Å². The first kappa shape index (κ1) is 17.9. The number of anilines is 1. The molecular formula is C15H17F2N3O3S. The van der Waals surface area contributed by atoms with Crippen molar-refractivity contribution in [1.82, 2.24) is 9.88 Å². The van der Waals surface area contributed by atoms with Crippen molar-refractivity contribution in [2.45, 2.75) is 20.1 Å². The number of rotatable bonds is 6. The quantitative estimate of drug-likeness (QED) is 0.856. The number of hydrogen-bond donors (Lipinski definition) is 1. The molecule has 0 radical (unpaired) electrons. The summed E-state index contributed by atoms with van der Waals surface area (Å²) in [7, 11) is 2.97. The van der Waals surface area contributed by atoms with Gasteiger partial charge in [0.05, 0.1) is 18.7 Å². The Labute approximate surface area is 142 Å². The Bertz CT molecular complexity index is 709. The minimum Gasteiger partial charge on any atom is -0.493 e. The van der Waals surface area contributed by atoms with E-state index in [1.807, 2.05) is 6.92 Å². The Morgan fingerprint density at radius 3 is 2.75 bits per heavy atom. The smallest absolute Gasteiger partial charge is 0.387 e. The van der Waals surface area contributed by atoms with Crippen molar-refractivity contribution in [3.63, 3.8) is 0 Å². The summed E-state index contributed by atoms with van der Waals surface area (Å²) in [5.74, 6) is 0.00724. The Morgan fingerprint density at radius 2 is 2.17 bits per heavy atom. The van der Waals surface area contributed by atoms with Gasteiger partial charge in [-0.2, -0.15) is 8.78 Å². The number of nitrogens with one attached hydrogen (secondary N) is 1. The molecule has 0 aliphatic rings. The van der Waals surface area contributed by atoms with Crippen molar-refractivity contribution in [3.8, 4) is 11.5 Å².